The Balaban J connectivity index is 2.10. The van der Waals surface area contributed by atoms with Gasteiger partial charge in [0.15, 0.2) is 0 Å². The molecule has 1 N–H and O–H groups in total. The van der Waals surface area contributed by atoms with Gasteiger partial charge in [-0.05, 0) is 86.2 Å². The molecule has 0 radical (unpaired) electrons. The predicted molar refractivity (Wildman–Crippen MR) is 80.1 cm³/mol. The molecule has 0 bridgehead atoms. The summed E-state index contributed by atoms with van der Waals surface area (Å²) in [6, 6.07) is 1.37. The summed E-state index contributed by atoms with van der Waals surface area (Å²) >= 11 is 0. The van der Waals surface area contributed by atoms with Crippen LogP contribution in [0.5, 0.6) is 0 Å². The van der Waals surface area contributed by atoms with Crippen molar-refractivity contribution in [3.8, 4) is 0 Å². The first-order valence-corrected chi connectivity index (χ1v) is 7.75. The van der Waals surface area contributed by atoms with Crippen molar-refractivity contribution in [3.05, 3.63) is 0 Å². The molecular formula is C15H33N3. The first-order valence-electron chi connectivity index (χ1n) is 7.75. The van der Waals surface area contributed by atoms with Gasteiger partial charge in [0.2, 0.25) is 0 Å². The van der Waals surface area contributed by atoms with E-state index in [1.54, 1.807) is 0 Å². The first-order chi connectivity index (χ1) is 8.59. The van der Waals surface area contributed by atoms with E-state index in [2.05, 4.69) is 42.9 Å². The minimum absolute atomic E-state index is 0.679. The van der Waals surface area contributed by atoms with Crippen LogP contribution < -0.4 is 5.32 Å². The van der Waals surface area contributed by atoms with Crippen molar-refractivity contribution >= 4 is 0 Å². The van der Waals surface area contributed by atoms with Crippen LogP contribution in [0.3, 0.4) is 0 Å². The van der Waals surface area contributed by atoms with Crippen molar-refractivity contribution < 1.29 is 0 Å². The lowest BCUT2D eigenvalue weighted by Gasteiger charge is -2.28. The van der Waals surface area contributed by atoms with Crippen molar-refractivity contribution in [2.45, 2.75) is 58.5 Å². The number of nitrogens with zero attached hydrogens (tertiary/aromatic N) is 2. The molecule has 0 spiro atoms. The highest BCUT2D eigenvalue weighted by Crippen LogP contribution is 2.05. The maximum absolute atomic E-state index is 3.57. The number of unbranched alkanes of at least 4 members (excludes halogenated alkanes) is 1. The lowest BCUT2D eigenvalue weighted by molar-refractivity contribution is 0.220. The minimum atomic E-state index is 0.679. The van der Waals surface area contributed by atoms with Crippen molar-refractivity contribution in [1.82, 2.24) is 15.1 Å². The molecule has 1 rings (SSSR count). The summed E-state index contributed by atoms with van der Waals surface area (Å²) in [7, 11) is 2.23. The molecule has 1 aliphatic heterocycles. The summed E-state index contributed by atoms with van der Waals surface area (Å²) in [5, 5.41) is 3.57. The fourth-order valence-electron chi connectivity index (χ4n) is 2.42. The fraction of sp³-hybridized carbons (Fsp3) is 1.00. The zero-order valence-electron chi connectivity index (χ0n) is 12.9. The summed E-state index contributed by atoms with van der Waals surface area (Å²) in [4.78, 5) is 5.10. The van der Waals surface area contributed by atoms with Gasteiger partial charge in [-0.1, -0.05) is 0 Å². The van der Waals surface area contributed by atoms with Gasteiger partial charge in [0.25, 0.3) is 0 Å². The van der Waals surface area contributed by atoms with Gasteiger partial charge in [-0.2, -0.15) is 0 Å². The zero-order chi connectivity index (χ0) is 13.4. The van der Waals surface area contributed by atoms with Crippen LogP contribution in [0.4, 0.5) is 0 Å². The van der Waals surface area contributed by atoms with E-state index in [0.29, 0.717) is 12.1 Å². The minimum Gasteiger partial charge on any atom is -0.314 e. The van der Waals surface area contributed by atoms with Gasteiger partial charge in [0, 0.05) is 12.1 Å². The molecule has 1 saturated heterocycles. The Bertz CT molecular complexity index is 206. The van der Waals surface area contributed by atoms with Crippen LogP contribution in [-0.4, -0.2) is 61.7 Å². The Hall–Kier alpha value is -0.120. The summed E-state index contributed by atoms with van der Waals surface area (Å²) in [5.74, 6) is 0. The highest BCUT2D eigenvalue weighted by atomic mass is 15.1. The van der Waals surface area contributed by atoms with E-state index in [-0.39, 0.29) is 0 Å². The van der Waals surface area contributed by atoms with Crippen LogP contribution in [0.2, 0.25) is 0 Å². The van der Waals surface area contributed by atoms with Crippen LogP contribution in [0.25, 0.3) is 0 Å². The average Bonchev–Trinajstić information content (AvgIpc) is 2.32. The van der Waals surface area contributed by atoms with Gasteiger partial charge in [0.1, 0.15) is 0 Å². The van der Waals surface area contributed by atoms with Crippen molar-refractivity contribution in [2.24, 2.45) is 0 Å². The van der Waals surface area contributed by atoms with Gasteiger partial charge < -0.3 is 15.1 Å². The fourth-order valence-corrected chi connectivity index (χ4v) is 2.42. The van der Waals surface area contributed by atoms with Gasteiger partial charge in [-0.15, -0.1) is 0 Å². The van der Waals surface area contributed by atoms with E-state index in [4.69, 9.17) is 0 Å². The molecule has 0 aromatic heterocycles. The quantitative estimate of drug-likeness (QED) is 0.734. The van der Waals surface area contributed by atoms with Crippen molar-refractivity contribution in [2.75, 3.05) is 39.8 Å². The van der Waals surface area contributed by atoms with E-state index in [9.17, 15) is 0 Å². The highest BCUT2D eigenvalue weighted by molar-refractivity contribution is 4.70. The summed E-state index contributed by atoms with van der Waals surface area (Å²) < 4.78 is 0. The molecule has 1 unspecified atom stereocenters. The number of hydrogen-bond acceptors (Lipinski definition) is 3. The molecule has 0 amide bonds. The van der Waals surface area contributed by atoms with E-state index < -0.39 is 0 Å². The average molecular weight is 255 g/mol. The molecule has 1 heterocycles. The lowest BCUT2D eigenvalue weighted by atomic mass is 10.1. The standard InChI is InChI=1S/C15H33N3/c1-14(2)17(4)10-5-6-11-18-12-7-9-16-15(3)8-13-18/h14-16H,5-13H2,1-4H3. The smallest absolute Gasteiger partial charge is 0.00509 e. The Morgan fingerprint density at radius 1 is 1.28 bits per heavy atom. The van der Waals surface area contributed by atoms with E-state index in [0.717, 1.165) is 0 Å². The number of hydrogen-bond donors (Lipinski definition) is 1. The Kier molecular flexibility index (Phi) is 7.87. The van der Waals surface area contributed by atoms with E-state index in [1.165, 1.54) is 58.4 Å². The van der Waals surface area contributed by atoms with Gasteiger partial charge in [-0.3, -0.25) is 0 Å². The van der Waals surface area contributed by atoms with Crippen LogP contribution in [0.15, 0.2) is 0 Å². The second-order valence-electron chi connectivity index (χ2n) is 6.12. The molecule has 0 saturated carbocycles. The van der Waals surface area contributed by atoms with Gasteiger partial charge in [-0.25, -0.2) is 0 Å². The summed E-state index contributed by atoms with van der Waals surface area (Å²) in [6.07, 6.45) is 5.28. The summed E-state index contributed by atoms with van der Waals surface area (Å²) in [5.41, 5.74) is 0. The Labute approximate surface area is 114 Å². The SMILES string of the molecule is CC1CCN(CCCCN(C)C(C)C)CCCN1. The molecule has 1 aliphatic rings. The molecule has 108 valence electrons. The third-order valence-corrected chi connectivity index (χ3v) is 4.14. The van der Waals surface area contributed by atoms with E-state index >= 15 is 0 Å². The normalized spacial score (nSPS) is 23.3. The monoisotopic (exact) mass is 255 g/mol. The molecule has 3 nitrogen and oxygen atoms in total. The molecule has 0 aliphatic carbocycles. The second kappa shape index (κ2) is 8.89. The largest absolute Gasteiger partial charge is 0.314 e. The second-order valence-corrected chi connectivity index (χ2v) is 6.12. The molecule has 3 heteroatoms. The highest BCUT2D eigenvalue weighted by Gasteiger charge is 2.11. The number of rotatable bonds is 6. The predicted octanol–water partition coefficient (Wildman–Crippen LogP) is 2.18. The maximum Gasteiger partial charge on any atom is 0.00509 e. The van der Waals surface area contributed by atoms with Crippen molar-refractivity contribution in [1.29, 1.82) is 0 Å². The third-order valence-electron chi connectivity index (χ3n) is 4.14. The maximum atomic E-state index is 3.57. The zero-order valence-corrected chi connectivity index (χ0v) is 12.9. The van der Waals surface area contributed by atoms with Crippen molar-refractivity contribution in [3.63, 3.8) is 0 Å². The number of nitrogens with one attached hydrogen (secondary N) is 1. The molecule has 1 fully saturated rings. The molecule has 0 aromatic rings. The lowest BCUT2D eigenvalue weighted by Crippen LogP contribution is -2.39. The van der Waals surface area contributed by atoms with Gasteiger partial charge >= 0.3 is 0 Å². The molecular weight excluding hydrogens is 222 g/mol. The van der Waals surface area contributed by atoms with Crippen LogP contribution in [0.1, 0.15) is 46.5 Å². The van der Waals surface area contributed by atoms with Crippen LogP contribution >= 0.6 is 0 Å². The van der Waals surface area contributed by atoms with Gasteiger partial charge in [0.05, 0.1) is 0 Å². The molecule has 0 aromatic carbocycles. The Morgan fingerprint density at radius 3 is 2.78 bits per heavy atom. The first kappa shape index (κ1) is 15.9. The van der Waals surface area contributed by atoms with E-state index in [1.807, 2.05) is 0 Å². The van der Waals surface area contributed by atoms with Crippen LogP contribution in [0, 0.1) is 0 Å². The molecule has 18 heavy (non-hydrogen) atoms. The third kappa shape index (κ3) is 6.72. The molecule has 1 atom stereocenters. The topological polar surface area (TPSA) is 18.5 Å². The summed E-state index contributed by atoms with van der Waals surface area (Å²) in [6.45, 7) is 13.1. The Morgan fingerprint density at radius 2 is 2.06 bits per heavy atom. The van der Waals surface area contributed by atoms with Crippen LogP contribution in [-0.2, 0) is 0 Å².